The van der Waals surface area contributed by atoms with Crippen molar-refractivity contribution >= 4 is 16.5 Å². The van der Waals surface area contributed by atoms with E-state index in [0.29, 0.717) is 11.8 Å². The van der Waals surface area contributed by atoms with Gasteiger partial charge in [-0.2, -0.15) is 0 Å². The maximum Gasteiger partial charge on any atom is 0.247 e. The third-order valence-electron chi connectivity index (χ3n) is 4.61. The van der Waals surface area contributed by atoms with Crippen LogP contribution >= 0.6 is 11.3 Å². The normalized spacial score (nSPS) is 17.0. The fourth-order valence-corrected chi connectivity index (χ4v) is 3.82. The summed E-state index contributed by atoms with van der Waals surface area (Å²) in [6.45, 7) is 8.05. The number of anilines is 1. The summed E-state index contributed by atoms with van der Waals surface area (Å²) in [6.07, 6.45) is 1.86. The van der Waals surface area contributed by atoms with Crippen molar-refractivity contribution < 1.29 is 4.42 Å². The van der Waals surface area contributed by atoms with Gasteiger partial charge in [0.25, 0.3) is 0 Å². The Balaban J connectivity index is 1.43. The van der Waals surface area contributed by atoms with Crippen LogP contribution in [0, 0.1) is 6.92 Å². The van der Waals surface area contributed by atoms with Crippen molar-refractivity contribution in [2.24, 2.45) is 0 Å². The van der Waals surface area contributed by atoms with Crippen molar-refractivity contribution in [2.75, 3.05) is 31.1 Å². The van der Waals surface area contributed by atoms with E-state index in [1.165, 1.54) is 5.56 Å². The van der Waals surface area contributed by atoms with Crippen molar-refractivity contribution in [3.05, 3.63) is 47.3 Å². The van der Waals surface area contributed by atoms with Gasteiger partial charge in [0.15, 0.2) is 5.13 Å². The van der Waals surface area contributed by atoms with Crippen molar-refractivity contribution in [1.82, 2.24) is 20.1 Å². The minimum Gasteiger partial charge on any atom is -0.419 e. The molecule has 25 heavy (non-hydrogen) atoms. The summed E-state index contributed by atoms with van der Waals surface area (Å²) >= 11 is 1.69. The Morgan fingerprint density at radius 2 is 2.00 bits per heavy atom. The predicted octanol–water partition coefficient (Wildman–Crippen LogP) is 3.38. The van der Waals surface area contributed by atoms with Gasteiger partial charge in [-0.25, -0.2) is 4.98 Å². The third kappa shape index (κ3) is 3.43. The van der Waals surface area contributed by atoms with E-state index in [1.807, 2.05) is 23.7 Å². The Kier molecular flexibility index (Phi) is 4.50. The van der Waals surface area contributed by atoms with Gasteiger partial charge in [0, 0.05) is 43.3 Å². The highest BCUT2D eigenvalue weighted by atomic mass is 32.1. The molecule has 0 amide bonds. The summed E-state index contributed by atoms with van der Waals surface area (Å²) in [4.78, 5) is 9.12. The molecule has 1 aromatic carbocycles. The number of aryl methyl sites for hydroxylation is 1. The van der Waals surface area contributed by atoms with E-state index in [4.69, 9.17) is 4.42 Å². The number of rotatable bonds is 4. The molecule has 2 aromatic heterocycles. The van der Waals surface area contributed by atoms with Crippen LogP contribution in [-0.4, -0.2) is 46.3 Å². The first-order valence-electron chi connectivity index (χ1n) is 8.49. The fourth-order valence-electron chi connectivity index (χ4n) is 3.13. The molecule has 0 N–H and O–H groups in total. The summed E-state index contributed by atoms with van der Waals surface area (Å²) < 4.78 is 5.95. The maximum absolute atomic E-state index is 5.95. The quantitative estimate of drug-likeness (QED) is 0.715. The average molecular weight is 355 g/mol. The van der Waals surface area contributed by atoms with Gasteiger partial charge in [-0.15, -0.1) is 21.5 Å². The molecule has 0 radical (unpaired) electrons. The van der Waals surface area contributed by atoms with E-state index in [-0.39, 0.29) is 6.04 Å². The van der Waals surface area contributed by atoms with Crippen molar-refractivity contribution in [3.63, 3.8) is 0 Å². The first kappa shape index (κ1) is 16.2. The molecule has 1 aliphatic heterocycles. The predicted molar refractivity (Wildman–Crippen MR) is 98.8 cm³/mol. The number of thiazole rings is 1. The van der Waals surface area contributed by atoms with Gasteiger partial charge in [-0.1, -0.05) is 17.7 Å². The second-order valence-electron chi connectivity index (χ2n) is 6.33. The topological polar surface area (TPSA) is 58.3 Å². The smallest absolute Gasteiger partial charge is 0.247 e. The van der Waals surface area contributed by atoms with Crippen LogP contribution in [0.3, 0.4) is 0 Å². The van der Waals surface area contributed by atoms with Crippen LogP contribution in [0.2, 0.25) is 0 Å². The zero-order valence-corrected chi connectivity index (χ0v) is 15.2. The standard InChI is InChI=1S/C18H21N5OS/c1-13-4-3-5-15(12-13)17-21-20-16(24-17)14(2)22-7-9-23(10-8-22)18-19-6-11-25-18/h3-6,11-12,14H,7-10H2,1-2H3/t14-/m0/s1. The van der Waals surface area contributed by atoms with Crippen LogP contribution < -0.4 is 4.90 Å². The van der Waals surface area contributed by atoms with Crippen LogP contribution in [0.4, 0.5) is 5.13 Å². The highest BCUT2D eigenvalue weighted by Crippen LogP contribution is 2.26. The largest absolute Gasteiger partial charge is 0.419 e. The Morgan fingerprint density at radius 1 is 1.16 bits per heavy atom. The molecule has 7 heteroatoms. The SMILES string of the molecule is Cc1cccc(-c2nnc([C@H](C)N3CCN(c4nccs4)CC3)o2)c1. The summed E-state index contributed by atoms with van der Waals surface area (Å²) in [7, 11) is 0. The van der Waals surface area contributed by atoms with Crippen LogP contribution in [0.25, 0.3) is 11.5 Å². The molecule has 0 unspecified atom stereocenters. The lowest BCUT2D eigenvalue weighted by molar-refractivity contribution is 0.173. The minimum absolute atomic E-state index is 0.115. The van der Waals surface area contributed by atoms with E-state index >= 15 is 0 Å². The number of hydrogen-bond donors (Lipinski definition) is 0. The molecule has 1 aliphatic rings. The number of aromatic nitrogens is 3. The molecule has 3 heterocycles. The van der Waals surface area contributed by atoms with Gasteiger partial charge in [-0.3, -0.25) is 4.90 Å². The summed E-state index contributed by atoms with van der Waals surface area (Å²) in [6, 6.07) is 8.25. The van der Waals surface area contributed by atoms with Gasteiger partial charge in [0.05, 0.1) is 6.04 Å². The van der Waals surface area contributed by atoms with Crippen molar-refractivity contribution in [3.8, 4) is 11.5 Å². The van der Waals surface area contributed by atoms with Gasteiger partial charge in [-0.05, 0) is 26.0 Å². The summed E-state index contributed by atoms with van der Waals surface area (Å²) in [5.74, 6) is 1.27. The molecule has 130 valence electrons. The molecule has 3 aromatic rings. The molecule has 0 saturated carbocycles. The Hall–Kier alpha value is -2.25. The van der Waals surface area contributed by atoms with Crippen LogP contribution in [0.1, 0.15) is 24.4 Å². The fraction of sp³-hybridized carbons (Fsp3) is 0.389. The number of hydrogen-bond acceptors (Lipinski definition) is 7. The lowest BCUT2D eigenvalue weighted by Gasteiger charge is -2.36. The zero-order valence-electron chi connectivity index (χ0n) is 14.4. The van der Waals surface area contributed by atoms with E-state index in [9.17, 15) is 0 Å². The van der Waals surface area contributed by atoms with Crippen LogP contribution in [0.15, 0.2) is 40.3 Å². The van der Waals surface area contributed by atoms with E-state index in [2.05, 4.69) is 51.0 Å². The Morgan fingerprint density at radius 3 is 2.72 bits per heavy atom. The molecule has 0 spiro atoms. The highest BCUT2D eigenvalue weighted by Gasteiger charge is 2.26. The first-order valence-corrected chi connectivity index (χ1v) is 9.37. The second kappa shape index (κ2) is 6.93. The summed E-state index contributed by atoms with van der Waals surface area (Å²) in [5.41, 5.74) is 2.16. The van der Waals surface area contributed by atoms with Gasteiger partial charge in [0.1, 0.15) is 0 Å². The maximum atomic E-state index is 5.95. The molecule has 4 rings (SSSR count). The lowest BCUT2D eigenvalue weighted by Crippen LogP contribution is -2.47. The molecular formula is C18H21N5OS. The molecular weight excluding hydrogens is 334 g/mol. The van der Waals surface area contributed by atoms with Crippen LogP contribution in [0.5, 0.6) is 0 Å². The Bertz CT molecular complexity index is 824. The minimum atomic E-state index is 0.115. The van der Waals surface area contributed by atoms with Gasteiger partial charge in [0.2, 0.25) is 11.8 Å². The van der Waals surface area contributed by atoms with Crippen molar-refractivity contribution in [2.45, 2.75) is 19.9 Å². The van der Waals surface area contributed by atoms with E-state index in [0.717, 1.165) is 36.9 Å². The zero-order chi connectivity index (χ0) is 17.2. The molecule has 1 saturated heterocycles. The van der Waals surface area contributed by atoms with Crippen molar-refractivity contribution in [1.29, 1.82) is 0 Å². The monoisotopic (exact) mass is 355 g/mol. The van der Waals surface area contributed by atoms with E-state index < -0.39 is 0 Å². The molecule has 1 atom stereocenters. The lowest BCUT2D eigenvalue weighted by atomic mass is 10.1. The molecule has 1 fully saturated rings. The second-order valence-corrected chi connectivity index (χ2v) is 7.20. The van der Waals surface area contributed by atoms with E-state index in [1.54, 1.807) is 11.3 Å². The molecule has 0 bridgehead atoms. The first-order chi connectivity index (χ1) is 12.2. The number of piperazine rings is 1. The molecule has 6 nitrogen and oxygen atoms in total. The number of benzene rings is 1. The Labute approximate surface area is 151 Å². The average Bonchev–Trinajstić information content (AvgIpc) is 3.33. The number of nitrogens with zero attached hydrogens (tertiary/aromatic N) is 5. The van der Waals surface area contributed by atoms with Gasteiger partial charge < -0.3 is 9.32 Å². The van der Waals surface area contributed by atoms with Gasteiger partial charge >= 0.3 is 0 Å². The van der Waals surface area contributed by atoms with Crippen LogP contribution in [-0.2, 0) is 0 Å². The highest BCUT2D eigenvalue weighted by molar-refractivity contribution is 7.13. The third-order valence-corrected chi connectivity index (χ3v) is 5.45. The summed E-state index contributed by atoms with van der Waals surface area (Å²) in [5, 5.41) is 11.6. The molecule has 0 aliphatic carbocycles.